The predicted molar refractivity (Wildman–Crippen MR) is 72.2 cm³/mol. The van der Waals surface area contributed by atoms with E-state index in [1.807, 2.05) is 24.3 Å². The highest BCUT2D eigenvalue weighted by atomic mass is 35.5. The van der Waals surface area contributed by atoms with Gasteiger partial charge in [-0.2, -0.15) is 5.10 Å². The van der Waals surface area contributed by atoms with E-state index in [-0.39, 0.29) is 0 Å². The van der Waals surface area contributed by atoms with E-state index < -0.39 is 0 Å². The molecule has 0 bridgehead atoms. The van der Waals surface area contributed by atoms with Crippen molar-refractivity contribution in [3.63, 3.8) is 0 Å². The molecule has 0 radical (unpaired) electrons. The Balaban J connectivity index is 1.92. The standard InChI is InChI=1S/C13H14ClN3O/c1-18-12-5-2-8(14)6-10(12)11-7-13(17-16-11)15-9-3-4-9/h2,5-7,9H,3-4H2,1H3,(H2,15,16,17). The lowest BCUT2D eigenvalue weighted by atomic mass is 10.1. The van der Waals surface area contributed by atoms with E-state index in [1.54, 1.807) is 7.11 Å². The van der Waals surface area contributed by atoms with Gasteiger partial charge < -0.3 is 10.1 Å². The van der Waals surface area contributed by atoms with Crippen molar-refractivity contribution in [3.8, 4) is 17.0 Å². The molecule has 0 spiro atoms. The second-order valence-electron chi connectivity index (χ2n) is 4.43. The number of methoxy groups -OCH3 is 1. The van der Waals surface area contributed by atoms with Crippen LogP contribution in [0.2, 0.25) is 5.02 Å². The van der Waals surface area contributed by atoms with Crippen LogP contribution in [0.4, 0.5) is 5.82 Å². The van der Waals surface area contributed by atoms with Crippen molar-refractivity contribution in [2.75, 3.05) is 12.4 Å². The minimum atomic E-state index is 0.586. The van der Waals surface area contributed by atoms with Crippen molar-refractivity contribution in [1.29, 1.82) is 0 Å². The van der Waals surface area contributed by atoms with Gasteiger partial charge in [-0.1, -0.05) is 11.6 Å². The molecule has 1 aliphatic rings. The number of H-pyrrole nitrogens is 1. The van der Waals surface area contributed by atoms with Gasteiger partial charge in [-0.05, 0) is 31.0 Å². The maximum atomic E-state index is 6.02. The van der Waals surface area contributed by atoms with Gasteiger partial charge >= 0.3 is 0 Å². The molecule has 1 saturated carbocycles. The summed E-state index contributed by atoms with van der Waals surface area (Å²) in [5.74, 6) is 1.65. The Labute approximate surface area is 110 Å². The van der Waals surface area contributed by atoms with Crippen LogP contribution < -0.4 is 10.1 Å². The molecule has 0 amide bonds. The zero-order valence-corrected chi connectivity index (χ0v) is 10.8. The Morgan fingerprint density at radius 2 is 2.22 bits per heavy atom. The van der Waals surface area contributed by atoms with E-state index in [4.69, 9.17) is 16.3 Å². The summed E-state index contributed by atoms with van der Waals surface area (Å²) >= 11 is 6.02. The van der Waals surface area contributed by atoms with E-state index in [0.29, 0.717) is 11.1 Å². The second kappa shape index (κ2) is 4.53. The molecule has 2 N–H and O–H groups in total. The van der Waals surface area contributed by atoms with Gasteiger partial charge in [0.05, 0.1) is 12.8 Å². The normalized spacial score (nSPS) is 14.6. The Kier molecular flexibility index (Phi) is 2.88. The van der Waals surface area contributed by atoms with Crippen molar-refractivity contribution < 1.29 is 4.74 Å². The lowest BCUT2D eigenvalue weighted by Crippen LogP contribution is -2.00. The van der Waals surface area contributed by atoms with Gasteiger partial charge in [-0.15, -0.1) is 0 Å². The molecule has 94 valence electrons. The van der Waals surface area contributed by atoms with E-state index in [1.165, 1.54) is 12.8 Å². The first kappa shape index (κ1) is 11.4. The van der Waals surface area contributed by atoms with Gasteiger partial charge in [0, 0.05) is 22.7 Å². The Morgan fingerprint density at radius 1 is 1.39 bits per heavy atom. The van der Waals surface area contributed by atoms with Crippen molar-refractivity contribution in [2.45, 2.75) is 18.9 Å². The molecule has 1 fully saturated rings. The minimum absolute atomic E-state index is 0.586. The van der Waals surface area contributed by atoms with Gasteiger partial charge in [-0.3, -0.25) is 5.10 Å². The summed E-state index contributed by atoms with van der Waals surface area (Å²) in [7, 11) is 1.65. The average Bonchev–Trinajstić information content (AvgIpc) is 3.05. The van der Waals surface area contributed by atoms with E-state index in [2.05, 4.69) is 15.5 Å². The molecule has 1 aromatic carbocycles. The maximum Gasteiger partial charge on any atom is 0.148 e. The molecule has 18 heavy (non-hydrogen) atoms. The molecule has 0 unspecified atom stereocenters. The average molecular weight is 264 g/mol. The quantitative estimate of drug-likeness (QED) is 0.890. The fourth-order valence-corrected chi connectivity index (χ4v) is 2.03. The number of aromatic amines is 1. The molecule has 2 aromatic rings. The molecule has 0 atom stereocenters. The Morgan fingerprint density at radius 3 is 2.94 bits per heavy atom. The second-order valence-corrected chi connectivity index (χ2v) is 4.87. The number of nitrogens with one attached hydrogen (secondary N) is 2. The third-order valence-corrected chi connectivity index (χ3v) is 3.19. The number of hydrogen-bond donors (Lipinski definition) is 2. The summed E-state index contributed by atoms with van der Waals surface area (Å²) in [6.45, 7) is 0. The van der Waals surface area contributed by atoms with Gasteiger partial charge in [0.2, 0.25) is 0 Å². The first-order valence-corrected chi connectivity index (χ1v) is 6.30. The van der Waals surface area contributed by atoms with Crippen molar-refractivity contribution in [1.82, 2.24) is 10.2 Å². The number of hydrogen-bond acceptors (Lipinski definition) is 3. The van der Waals surface area contributed by atoms with E-state index in [0.717, 1.165) is 22.8 Å². The third-order valence-electron chi connectivity index (χ3n) is 2.96. The fourth-order valence-electron chi connectivity index (χ4n) is 1.86. The van der Waals surface area contributed by atoms with Crippen molar-refractivity contribution in [3.05, 3.63) is 29.3 Å². The third kappa shape index (κ3) is 2.29. The minimum Gasteiger partial charge on any atom is -0.496 e. The molecular weight excluding hydrogens is 250 g/mol. The SMILES string of the molecule is COc1ccc(Cl)cc1-c1cc(NC2CC2)n[nH]1. The summed E-state index contributed by atoms with van der Waals surface area (Å²) in [6, 6.07) is 8.10. The number of anilines is 1. The van der Waals surface area contributed by atoms with Crippen LogP contribution in [0.5, 0.6) is 5.75 Å². The summed E-state index contributed by atoms with van der Waals surface area (Å²) in [4.78, 5) is 0. The topological polar surface area (TPSA) is 49.9 Å². The largest absolute Gasteiger partial charge is 0.496 e. The number of benzene rings is 1. The maximum absolute atomic E-state index is 6.02. The summed E-state index contributed by atoms with van der Waals surface area (Å²) in [5.41, 5.74) is 1.82. The first-order chi connectivity index (χ1) is 8.76. The monoisotopic (exact) mass is 263 g/mol. The zero-order valence-electron chi connectivity index (χ0n) is 10.0. The molecule has 1 heterocycles. The summed E-state index contributed by atoms with van der Waals surface area (Å²) in [5, 5.41) is 11.3. The van der Waals surface area contributed by atoms with Gasteiger partial charge in [-0.25, -0.2) is 0 Å². The molecule has 3 rings (SSSR count). The van der Waals surface area contributed by atoms with Gasteiger partial charge in [0.15, 0.2) is 0 Å². The predicted octanol–water partition coefficient (Wildman–Crippen LogP) is 3.31. The smallest absolute Gasteiger partial charge is 0.148 e. The molecule has 4 nitrogen and oxygen atoms in total. The highest BCUT2D eigenvalue weighted by Crippen LogP contribution is 2.33. The van der Waals surface area contributed by atoms with Crippen molar-refractivity contribution >= 4 is 17.4 Å². The number of ether oxygens (including phenoxy) is 1. The molecular formula is C13H14ClN3O. The zero-order chi connectivity index (χ0) is 12.5. The van der Waals surface area contributed by atoms with Crippen LogP contribution >= 0.6 is 11.6 Å². The summed E-state index contributed by atoms with van der Waals surface area (Å²) < 4.78 is 5.33. The van der Waals surface area contributed by atoms with E-state index >= 15 is 0 Å². The van der Waals surface area contributed by atoms with Crippen LogP contribution in [0.1, 0.15) is 12.8 Å². The Bertz CT molecular complexity index is 563. The molecule has 1 aromatic heterocycles. The molecule has 0 saturated heterocycles. The summed E-state index contributed by atoms with van der Waals surface area (Å²) in [6.07, 6.45) is 2.45. The van der Waals surface area contributed by atoms with Crippen LogP contribution in [0.25, 0.3) is 11.3 Å². The highest BCUT2D eigenvalue weighted by Gasteiger charge is 2.22. The lowest BCUT2D eigenvalue weighted by molar-refractivity contribution is 0.416. The highest BCUT2D eigenvalue weighted by molar-refractivity contribution is 6.30. The molecule has 5 heteroatoms. The number of rotatable bonds is 4. The fraction of sp³-hybridized carbons (Fsp3) is 0.308. The lowest BCUT2D eigenvalue weighted by Gasteiger charge is -2.06. The Hall–Kier alpha value is -1.68. The van der Waals surface area contributed by atoms with Crippen LogP contribution in [0.15, 0.2) is 24.3 Å². The molecule has 0 aliphatic heterocycles. The van der Waals surface area contributed by atoms with E-state index in [9.17, 15) is 0 Å². The van der Waals surface area contributed by atoms with Crippen molar-refractivity contribution in [2.24, 2.45) is 0 Å². The van der Waals surface area contributed by atoms with Gasteiger partial charge in [0.1, 0.15) is 11.6 Å². The van der Waals surface area contributed by atoms with Crippen LogP contribution in [0.3, 0.4) is 0 Å². The number of nitrogens with zero attached hydrogens (tertiary/aromatic N) is 1. The molecule has 1 aliphatic carbocycles. The number of halogens is 1. The van der Waals surface area contributed by atoms with Crippen LogP contribution in [0, 0.1) is 0 Å². The van der Waals surface area contributed by atoms with Crippen LogP contribution in [-0.4, -0.2) is 23.3 Å². The van der Waals surface area contributed by atoms with Gasteiger partial charge in [0.25, 0.3) is 0 Å². The number of aromatic nitrogens is 2. The van der Waals surface area contributed by atoms with Crippen LogP contribution in [-0.2, 0) is 0 Å². The first-order valence-electron chi connectivity index (χ1n) is 5.92.